The van der Waals surface area contributed by atoms with E-state index in [2.05, 4.69) is 82.9 Å². The molecule has 27 heavy (non-hydrogen) atoms. The van der Waals surface area contributed by atoms with Gasteiger partial charge in [0.05, 0.1) is 16.6 Å². The lowest BCUT2D eigenvalue weighted by molar-refractivity contribution is 0.993. The van der Waals surface area contributed by atoms with Gasteiger partial charge in [-0.3, -0.25) is 4.57 Å². The Morgan fingerprint density at radius 2 is 1.41 bits per heavy atom. The largest absolute Gasteiger partial charge is 0.342 e. The summed E-state index contributed by atoms with van der Waals surface area (Å²) in [6.07, 6.45) is 6.09. The number of benzene rings is 3. The fraction of sp³-hybridized carbons (Fsp3) is 0.125. The number of allylic oxidation sites excluding steroid dienone is 1. The number of aromatic nitrogens is 2. The van der Waals surface area contributed by atoms with Crippen LogP contribution in [0.4, 0.5) is 0 Å². The third-order valence-corrected chi connectivity index (χ3v) is 5.82. The van der Waals surface area contributed by atoms with Gasteiger partial charge in [0, 0.05) is 46.7 Å². The molecule has 0 bridgehead atoms. The molecule has 6 rings (SSSR count). The molecule has 1 aliphatic heterocycles. The van der Waals surface area contributed by atoms with Crippen molar-refractivity contribution in [2.75, 3.05) is 0 Å². The van der Waals surface area contributed by atoms with Crippen LogP contribution < -0.4 is 0 Å². The molecule has 0 amide bonds. The molecule has 0 atom stereocenters. The van der Waals surface area contributed by atoms with Gasteiger partial charge < -0.3 is 4.57 Å². The first-order chi connectivity index (χ1) is 13.3. The highest BCUT2D eigenvalue weighted by Gasteiger charge is 2.20. The van der Waals surface area contributed by atoms with E-state index >= 15 is 0 Å². The molecule has 5 aromatic rings. The summed E-state index contributed by atoms with van der Waals surface area (Å²) in [4.78, 5) is 4.75. The van der Waals surface area contributed by atoms with Crippen LogP contribution in [0.5, 0.6) is 0 Å². The lowest BCUT2D eigenvalue weighted by atomic mass is 10.1. The minimum Gasteiger partial charge on any atom is -0.342 e. The summed E-state index contributed by atoms with van der Waals surface area (Å²) < 4.78 is 4.72. The normalized spacial score (nSPS) is 14.6. The number of fused-ring (bicyclic) bond motifs is 7. The molecule has 3 heteroatoms. The van der Waals surface area contributed by atoms with Gasteiger partial charge in [0.2, 0.25) is 0 Å². The van der Waals surface area contributed by atoms with Crippen LogP contribution >= 0.6 is 0 Å². The zero-order chi connectivity index (χ0) is 18.0. The molecule has 0 spiro atoms. The van der Waals surface area contributed by atoms with E-state index < -0.39 is 0 Å². The van der Waals surface area contributed by atoms with E-state index in [4.69, 9.17) is 4.99 Å². The van der Waals surface area contributed by atoms with E-state index in [9.17, 15) is 0 Å². The fourth-order valence-electron chi connectivity index (χ4n) is 4.64. The van der Waals surface area contributed by atoms with Crippen molar-refractivity contribution in [3.63, 3.8) is 0 Å². The predicted octanol–water partition coefficient (Wildman–Crippen LogP) is 5.99. The molecule has 3 nitrogen and oxygen atoms in total. The standard InChI is InChI=1S/C24H19N3/c1-26-20-10-4-2-8-16(20)18-13-14-19-17-9-3-5-11-21(17)27(24(19)23(18)26)22-12-6-7-15-25-22/h2-5,7-11,13-15H,6,12H2,1H3. The maximum absolute atomic E-state index is 4.75. The number of rotatable bonds is 0. The Morgan fingerprint density at radius 3 is 2.15 bits per heavy atom. The lowest BCUT2D eigenvalue weighted by Crippen LogP contribution is -2.13. The number of hydrogen-bond acceptors (Lipinski definition) is 1. The van der Waals surface area contributed by atoms with Crippen molar-refractivity contribution in [3.8, 4) is 0 Å². The second-order valence-electron chi connectivity index (χ2n) is 7.26. The number of aryl methyl sites for hydroxylation is 1. The molecule has 3 heterocycles. The van der Waals surface area contributed by atoms with Gasteiger partial charge >= 0.3 is 0 Å². The third-order valence-electron chi connectivity index (χ3n) is 5.82. The molecule has 1 aliphatic rings. The van der Waals surface area contributed by atoms with Crippen LogP contribution in [-0.4, -0.2) is 15.0 Å². The molecule has 0 radical (unpaired) electrons. The van der Waals surface area contributed by atoms with Crippen LogP contribution in [0.15, 0.2) is 77.9 Å². The van der Waals surface area contributed by atoms with Crippen LogP contribution in [0.2, 0.25) is 0 Å². The van der Waals surface area contributed by atoms with Gasteiger partial charge in [0.15, 0.2) is 0 Å². The number of hydrogen-bond donors (Lipinski definition) is 0. The molecule has 0 fully saturated rings. The highest BCUT2D eigenvalue weighted by molar-refractivity contribution is 6.25. The van der Waals surface area contributed by atoms with Crippen molar-refractivity contribution < 1.29 is 0 Å². The van der Waals surface area contributed by atoms with Crippen molar-refractivity contribution in [2.45, 2.75) is 12.8 Å². The van der Waals surface area contributed by atoms with E-state index in [1.54, 1.807) is 0 Å². The predicted molar refractivity (Wildman–Crippen MR) is 115 cm³/mol. The Hall–Kier alpha value is -3.33. The summed E-state index contributed by atoms with van der Waals surface area (Å²) >= 11 is 0. The Bertz CT molecular complexity index is 1430. The maximum Gasteiger partial charge on any atom is 0.113 e. The summed E-state index contributed by atoms with van der Waals surface area (Å²) in [6, 6.07) is 21.9. The van der Waals surface area contributed by atoms with Crippen LogP contribution in [-0.2, 0) is 7.05 Å². The first-order valence-electron chi connectivity index (χ1n) is 9.46. The van der Waals surface area contributed by atoms with Gasteiger partial charge in [-0.25, -0.2) is 4.99 Å². The average molecular weight is 349 g/mol. The van der Waals surface area contributed by atoms with E-state index in [0.29, 0.717) is 0 Å². The summed E-state index contributed by atoms with van der Waals surface area (Å²) in [5.41, 5.74) is 5.05. The van der Waals surface area contributed by atoms with Crippen LogP contribution in [0.1, 0.15) is 12.8 Å². The van der Waals surface area contributed by atoms with Crippen LogP contribution in [0.25, 0.3) is 43.6 Å². The topological polar surface area (TPSA) is 22.2 Å². The molecule has 0 saturated heterocycles. The Balaban J connectivity index is 1.92. The lowest BCUT2D eigenvalue weighted by Gasteiger charge is -2.13. The highest BCUT2D eigenvalue weighted by atomic mass is 15.1. The smallest absolute Gasteiger partial charge is 0.113 e. The summed E-state index contributed by atoms with van der Waals surface area (Å²) in [6.45, 7) is 0. The van der Waals surface area contributed by atoms with Gasteiger partial charge in [-0.15, -0.1) is 0 Å². The zero-order valence-electron chi connectivity index (χ0n) is 15.2. The van der Waals surface area contributed by atoms with Gasteiger partial charge in [0.25, 0.3) is 0 Å². The fourth-order valence-corrected chi connectivity index (χ4v) is 4.64. The quantitative estimate of drug-likeness (QED) is 0.327. The maximum atomic E-state index is 4.75. The highest BCUT2D eigenvalue weighted by Crippen LogP contribution is 2.38. The second kappa shape index (κ2) is 5.34. The Kier molecular flexibility index (Phi) is 2.92. The number of para-hydroxylation sites is 2. The summed E-state index contributed by atoms with van der Waals surface area (Å²) in [5.74, 6) is 1.13. The Morgan fingerprint density at radius 1 is 0.741 bits per heavy atom. The van der Waals surface area contributed by atoms with E-state index in [0.717, 1.165) is 18.7 Å². The van der Waals surface area contributed by atoms with Crippen molar-refractivity contribution in [1.82, 2.24) is 9.13 Å². The zero-order valence-corrected chi connectivity index (χ0v) is 15.2. The number of aliphatic imine (C=N–C) groups is 1. The molecule has 0 aliphatic carbocycles. The number of nitrogens with zero attached hydrogens (tertiary/aromatic N) is 3. The van der Waals surface area contributed by atoms with Gasteiger partial charge in [0.1, 0.15) is 5.84 Å². The molecule has 0 saturated carbocycles. The van der Waals surface area contributed by atoms with E-state index in [1.165, 1.54) is 43.6 Å². The minimum absolute atomic E-state index is 0.963. The summed E-state index contributed by atoms with van der Waals surface area (Å²) in [7, 11) is 2.18. The van der Waals surface area contributed by atoms with Gasteiger partial charge in [-0.2, -0.15) is 0 Å². The van der Waals surface area contributed by atoms with Crippen LogP contribution in [0.3, 0.4) is 0 Å². The molecule has 0 N–H and O–H groups in total. The van der Waals surface area contributed by atoms with Crippen molar-refractivity contribution in [2.24, 2.45) is 12.0 Å². The van der Waals surface area contributed by atoms with Crippen molar-refractivity contribution >= 4 is 49.4 Å². The minimum atomic E-state index is 0.963. The van der Waals surface area contributed by atoms with E-state index in [1.807, 2.05) is 6.20 Å². The molecule has 0 unspecified atom stereocenters. The monoisotopic (exact) mass is 349 g/mol. The molecule has 3 aromatic carbocycles. The first kappa shape index (κ1) is 14.8. The average Bonchev–Trinajstić information content (AvgIpc) is 3.22. The van der Waals surface area contributed by atoms with Gasteiger partial charge in [-0.1, -0.05) is 54.6 Å². The molecular weight excluding hydrogens is 330 g/mol. The molecule has 2 aromatic heterocycles. The summed E-state index contributed by atoms with van der Waals surface area (Å²) in [5, 5.41) is 5.19. The van der Waals surface area contributed by atoms with Crippen LogP contribution in [0, 0.1) is 0 Å². The molecule has 130 valence electrons. The van der Waals surface area contributed by atoms with E-state index in [-0.39, 0.29) is 0 Å². The second-order valence-corrected chi connectivity index (χ2v) is 7.26. The van der Waals surface area contributed by atoms with Gasteiger partial charge in [-0.05, 0) is 18.6 Å². The third kappa shape index (κ3) is 1.89. The Labute approximate surface area is 156 Å². The first-order valence-corrected chi connectivity index (χ1v) is 9.46. The molecular formula is C24H19N3. The SMILES string of the molecule is Cn1c2ccccc2c2ccc3c4ccccc4n(C4=NC=CCC4)c3c21. The van der Waals surface area contributed by atoms with Crippen molar-refractivity contribution in [1.29, 1.82) is 0 Å². The van der Waals surface area contributed by atoms with Crippen molar-refractivity contribution in [3.05, 3.63) is 72.9 Å².